The van der Waals surface area contributed by atoms with Gasteiger partial charge in [0.25, 0.3) is 11.8 Å². The highest BCUT2D eigenvalue weighted by atomic mass is 32.1. The lowest BCUT2D eigenvalue weighted by Gasteiger charge is -2.35. The Labute approximate surface area is 189 Å². The fraction of sp³-hybridized carbons (Fsp3) is 0.167. The minimum atomic E-state index is -0.176. The van der Waals surface area contributed by atoms with Crippen LogP contribution in [0.25, 0.3) is 10.2 Å². The van der Waals surface area contributed by atoms with Gasteiger partial charge in [-0.25, -0.2) is 9.97 Å². The summed E-state index contributed by atoms with van der Waals surface area (Å²) < 4.78 is 0. The number of carbonyl (C=O) groups excluding carboxylic acids is 2. The highest BCUT2D eigenvalue weighted by molar-refractivity contribution is 7.16. The lowest BCUT2D eigenvalue weighted by molar-refractivity contribution is 0.0746. The van der Waals surface area contributed by atoms with Crippen molar-refractivity contribution in [1.29, 1.82) is 0 Å². The number of aromatic nitrogens is 2. The van der Waals surface area contributed by atoms with Crippen molar-refractivity contribution in [3.63, 3.8) is 0 Å². The summed E-state index contributed by atoms with van der Waals surface area (Å²) in [5, 5.41) is 5.94. The van der Waals surface area contributed by atoms with Crippen LogP contribution in [-0.4, -0.2) is 52.9 Å². The summed E-state index contributed by atoms with van der Waals surface area (Å²) in [6.45, 7) is 2.69. The second-order valence-corrected chi connectivity index (χ2v) is 8.41. The third kappa shape index (κ3) is 4.04. The van der Waals surface area contributed by atoms with E-state index in [9.17, 15) is 9.59 Å². The van der Waals surface area contributed by atoms with Crippen LogP contribution < -0.4 is 10.2 Å². The zero-order chi connectivity index (χ0) is 21.9. The average molecular weight is 444 g/mol. The lowest BCUT2D eigenvalue weighted by atomic mass is 10.1. The Hall–Kier alpha value is -3.78. The van der Waals surface area contributed by atoms with Crippen molar-refractivity contribution in [2.45, 2.75) is 0 Å². The molecule has 1 fully saturated rings. The zero-order valence-corrected chi connectivity index (χ0v) is 18.1. The normalized spacial score (nSPS) is 13.9. The Morgan fingerprint density at radius 3 is 2.34 bits per heavy atom. The van der Waals surface area contributed by atoms with Crippen LogP contribution in [0.4, 0.5) is 11.5 Å². The number of hydrogen-bond donors (Lipinski definition) is 1. The molecule has 0 spiro atoms. The molecular formula is C24H21N5O2S. The summed E-state index contributed by atoms with van der Waals surface area (Å²) in [5.74, 6) is 0.751. The molecule has 1 aliphatic heterocycles. The maximum Gasteiger partial charge on any atom is 0.255 e. The van der Waals surface area contributed by atoms with Crippen LogP contribution in [-0.2, 0) is 0 Å². The highest BCUT2D eigenvalue weighted by Gasteiger charge is 2.24. The van der Waals surface area contributed by atoms with Gasteiger partial charge in [-0.1, -0.05) is 18.2 Å². The van der Waals surface area contributed by atoms with Crippen molar-refractivity contribution in [2.24, 2.45) is 0 Å². The van der Waals surface area contributed by atoms with Crippen molar-refractivity contribution >= 4 is 44.9 Å². The quantitative estimate of drug-likeness (QED) is 0.518. The standard InChI is InChI=1S/C24H21N5O2S/c30-22(17-4-2-1-3-5-17)27-19-8-6-18(7-9-19)24(31)29-13-11-28(12-14-29)21-20-10-15-32-23(20)26-16-25-21/h1-10,15-16H,11-14H2,(H,27,30). The van der Waals surface area contributed by atoms with Gasteiger partial charge in [-0.2, -0.15) is 0 Å². The first kappa shape index (κ1) is 20.1. The molecule has 2 amide bonds. The average Bonchev–Trinajstić information content (AvgIpc) is 3.34. The van der Waals surface area contributed by atoms with Gasteiger partial charge in [0.1, 0.15) is 17.0 Å². The molecule has 0 aliphatic carbocycles. The fourth-order valence-corrected chi connectivity index (χ4v) is 4.55. The van der Waals surface area contributed by atoms with Gasteiger partial charge < -0.3 is 15.1 Å². The van der Waals surface area contributed by atoms with Crippen molar-refractivity contribution < 1.29 is 9.59 Å². The van der Waals surface area contributed by atoms with Gasteiger partial charge >= 0.3 is 0 Å². The molecule has 7 nitrogen and oxygen atoms in total. The first-order valence-corrected chi connectivity index (χ1v) is 11.3. The number of rotatable bonds is 4. The number of anilines is 2. The maximum absolute atomic E-state index is 13.0. The van der Waals surface area contributed by atoms with E-state index in [1.54, 1.807) is 54.1 Å². The van der Waals surface area contributed by atoms with E-state index in [-0.39, 0.29) is 11.8 Å². The molecule has 2 aromatic carbocycles. The second kappa shape index (κ2) is 8.76. The van der Waals surface area contributed by atoms with Gasteiger partial charge in [-0.15, -0.1) is 11.3 Å². The van der Waals surface area contributed by atoms with E-state index in [1.807, 2.05) is 34.5 Å². The maximum atomic E-state index is 13.0. The third-order valence-corrected chi connectivity index (χ3v) is 6.35. The Morgan fingerprint density at radius 2 is 1.59 bits per heavy atom. The molecule has 1 saturated heterocycles. The third-order valence-electron chi connectivity index (χ3n) is 5.53. The van der Waals surface area contributed by atoms with E-state index < -0.39 is 0 Å². The summed E-state index contributed by atoms with van der Waals surface area (Å²) in [4.78, 5) is 39.1. The molecule has 8 heteroatoms. The molecule has 1 N–H and O–H groups in total. The Kier molecular flexibility index (Phi) is 5.51. The summed E-state index contributed by atoms with van der Waals surface area (Å²) in [7, 11) is 0. The highest BCUT2D eigenvalue weighted by Crippen LogP contribution is 2.27. The summed E-state index contributed by atoms with van der Waals surface area (Å²) in [6.07, 6.45) is 1.60. The van der Waals surface area contributed by atoms with Crippen LogP contribution >= 0.6 is 11.3 Å². The van der Waals surface area contributed by atoms with Crippen LogP contribution in [0.2, 0.25) is 0 Å². The Balaban J connectivity index is 1.21. The molecule has 4 aromatic rings. The predicted molar refractivity (Wildman–Crippen MR) is 126 cm³/mol. The van der Waals surface area contributed by atoms with Crippen LogP contribution in [0.3, 0.4) is 0 Å². The van der Waals surface area contributed by atoms with Gasteiger partial charge in [-0.05, 0) is 47.8 Å². The van der Waals surface area contributed by atoms with Crippen LogP contribution in [0.1, 0.15) is 20.7 Å². The first-order chi connectivity index (χ1) is 15.7. The minimum absolute atomic E-state index is 0.00560. The number of piperazine rings is 1. The van der Waals surface area contributed by atoms with Crippen LogP contribution in [0.5, 0.6) is 0 Å². The number of benzene rings is 2. The Morgan fingerprint density at radius 1 is 0.844 bits per heavy atom. The molecule has 0 radical (unpaired) electrons. The first-order valence-electron chi connectivity index (χ1n) is 10.4. The smallest absolute Gasteiger partial charge is 0.255 e. The Bertz CT molecular complexity index is 1250. The fourth-order valence-electron chi connectivity index (χ4n) is 3.82. The van der Waals surface area contributed by atoms with Crippen molar-refractivity contribution in [1.82, 2.24) is 14.9 Å². The van der Waals surface area contributed by atoms with E-state index in [0.29, 0.717) is 29.9 Å². The number of thiophene rings is 1. The van der Waals surface area contributed by atoms with Gasteiger partial charge in [0, 0.05) is 43.0 Å². The molecule has 2 aromatic heterocycles. The van der Waals surface area contributed by atoms with E-state index >= 15 is 0 Å². The predicted octanol–water partition coefficient (Wildman–Crippen LogP) is 3.91. The molecule has 3 heterocycles. The molecule has 32 heavy (non-hydrogen) atoms. The molecule has 5 rings (SSSR count). The topological polar surface area (TPSA) is 78.4 Å². The van der Waals surface area contributed by atoms with Gasteiger partial charge in [0.2, 0.25) is 0 Å². The zero-order valence-electron chi connectivity index (χ0n) is 17.3. The van der Waals surface area contributed by atoms with E-state index in [1.165, 1.54) is 0 Å². The van der Waals surface area contributed by atoms with E-state index in [2.05, 4.69) is 20.2 Å². The molecule has 0 atom stereocenters. The molecule has 0 unspecified atom stereocenters. The molecule has 1 aliphatic rings. The number of nitrogens with one attached hydrogen (secondary N) is 1. The van der Waals surface area contributed by atoms with Crippen LogP contribution in [0, 0.1) is 0 Å². The van der Waals surface area contributed by atoms with Crippen LogP contribution in [0.15, 0.2) is 72.4 Å². The SMILES string of the molecule is O=C(Nc1ccc(C(=O)N2CCN(c3ncnc4sccc34)CC2)cc1)c1ccccc1. The molecule has 0 saturated carbocycles. The summed E-state index contributed by atoms with van der Waals surface area (Å²) in [6, 6.07) is 18.1. The van der Waals surface area contributed by atoms with E-state index in [0.717, 1.165) is 29.1 Å². The number of amides is 2. The molecular weight excluding hydrogens is 422 g/mol. The van der Waals surface area contributed by atoms with Crippen molar-refractivity contribution in [3.8, 4) is 0 Å². The molecule has 0 bridgehead atoms. The van der Waals surface area contributed by atoms with E-state index in [4.69, 9.17) is 0 Å². The number of nitrogens with zero attached hydrogens (tertiary/aromatic N) is 4. The number of carbonyl (C=O) groups is 2. The number of hydrogen-bond acceptors (Lipinski definition) is 6. The van der Waals surface area contributed by atoms with Crippen molar-refractivity contribution in [2.75, 3.05) is 36.4 Å². The van der Waals surface area contributed by atoms with Gasteiger partial charge in [0.05, 0.1) is 5.39 Å². The van der Waals surface area contributed by atoms with Crippen molar-refractivity contribution in [3.05, 3.63) is 83.5 Å². The second-order valence-electron chi connectivity index (χ2n) is 7.51. The summed E-state index contributed by atoms with van der Waals surface area (Å²) in [5.41, 5.74) is 1.86. The summed E-state index contributed by atoms with van der Waals surface area (Å²) >= 11 is 1.60. The monoisotopic (exact) mass is 443 g/mol. The molecule has 160 valence electrons. The largest absolute Gasteiger partial charge is 0.352 e. The number of fused-ring (bicyclic) bond motifs is 1. The van der Waals surface area contributed by atoms with Gasteiger partial charge in [-0.3, -0.25) is 9.59 Å². The van der Waals surface area contributed by atoms with Gasteiger partial charge in [0.15, 0.2) is 0 Å². The minimum Gasteiger partial charge on any atom is -0.352 e. The lowest BCUT2D eigenvalue weighted by Crippen LogP contribution is -2.49.